The van der Waals surface area contributed by atoms with Crippen LogP contribution in [0.5, 0.6) is 0 Å². The van der Waals surface area contributed by atoms with Gasteiger partial charge < -0.3 is 4.90 Å². The van der Waals surface area contributed by atoms with Gasteiger partial charge in [0.05, 0.1) is 16.2 Å². The van der Waals surface area contributed by atoms with E-state index >= 15 is 0 Å². The molecule has 1 N–H and O–H groups in total. The van der Waals surface area contributed by atoms with E-state index in [4.69, 9.17) is 0 Å². The molecular weight excluding hydrogens is 354 g/mol. The summed E-state index contributed by atoms with van der Waals surface area (Å²) in [5.74, 6) is 0.0490. The van der Waals surface area contributed by atoms with Gasteiger partial charge >= 0.3 is 0 Å². The lowest BCUT2D eigenvalue weighted by molar-refractivity contribution is -0.384. The summed E-state index contributed by atoms with van der Waals surface area (Å²) in [5, 5.41) is 23.2. The van der Waals surface area contributed by atoms with Crippen molar-refractivity contribution in [1.29, 1.82) is 0 Å². The lowest BCUT2D eigenvalue weighted by Crippen LogP contribution is -2.23. The molecular formula is C17H21N5O3S. The number of anilines is 2. The summed E-state index contributed by atoms with van der Waals surface area (Å²) in [4.78, 5) is 25.5. The average molecular weight is 375 g/mol. The molecule has 9 heteroatoms. The standard InChI is InChI=1S/C17H21N5O3S/c1-11(2)9-15-19-20-17(26-15)18-16(23)13-10-12(22(24)25)5-6-14(13)21-7-3-4-8-21/h5-6,10-11H,3-4,7-9H2,1-2H3,(H,18,20,23). The monoisotopic (exact) mass is 375 g/mol. The van der Waals surface area contributed by atoms with E-state index in [9.17, 15) is 14.9 Å². The third-order valence-corrected chi connectivity index (χ3v) is 5.01. The van der Waals surface area contributed by atoms with Crippen LogP contribution in [0.1, 0.15) is 42.1 Å². The Labute approximate surface area is 155 Å². The first-order valence-electron chi connectivity index (χ1n) is 8.61. The highest BCUT2D eigenvalue weighted by molar-refractivity contribution is 7.15. The Morgan fingerprint density at radius 3 is 2.73 bits per heavy atom. The fraction of sp³-hybridized carbons (Fsp3) is 0.471. The SMILES string of the molecule is CC(C)Cc1nnc(NC(=O)c2cc([N+](=O)[O-])ccc2N2CCCC2)s1. The molecule has 1 aliphatic rings. The highest BCUT2D eigenvalue weighted by Crippen LogP contribution is 2.29. The number of carbonyl (C=O) groups excluding carboxylic acids is 1. The molecule has 138 valence electrons. The zero-order chi connectivity index (χ0) is 18.7. The molecule has 1 fully saturated rings. The number of aromatic nitrogens is 2. The summed E-state index contributed by atoms with van der Waals surface area (Å²) >= 11 is 1.33. The molecule has 1 aromatic heterocycles. The predicted octanol–water partition coefficient (Wildman–Crippen LogP) is 3.50. The van der Waals surface area contributed by atoms with Crippen LogP contribution in [0.25, 0.3) is 0 Å². The molecule has 2 heterocycles. The van der Waals surface area contributed by atoms with Gasteiger partial charge in [-0.15, -0.1) is 10.2 Å². The molecule has 2 aromatic rings. The number of nitrogens with zero attached hydrogens (tertiary/aromatic N) is 4. The van der Waals surface area contributed by atoms with Crippen molar-refractivity contribution >= 4 is 33.8 Å². The van der Waals surface area contributed by atoms with Crippen LogP contribution in [0.4, 0.5) is 16.5 Å². The molecule has 0 atom stereocenters. The average Bonchev–Trinajstić information content (AvgIpc) is 3.25. The summed E-state index contributed by atoms with van der Waals surface area (Å²) in [7, 11) is 0. The van der Waals surface area contributed by atoms with E-state index in [0.29, 0.717) is 16.6 Å². The van der Waals surface area contributed by atoms with Crippen LogP contribution in [-0.2, 0) is 6.42 Å². The maximum absolute atomic E-state index is 12.8. The van der Waals surface area contributed by atoms with Crippen molar-refractivity contribution in [3.8, 4) is 0 Å². The van der Waals surface area contributed by atoms with E-state index in [-0.39, 0.29) is 5.69 Å². The highest BCUT2D eigenvalue weighted by atomic mass is 32.1. The molecule has 0 unspecified atom stereocenters. The Morgan fingerprint density at radius 1 is 1.35 bits per heavy atom. The molecule has 1 amide bonds. The van der Waals surface area contributed by atoms with Gasteiger partial charge in [-0.3, -0.25) is 20.2 Å². The number of rotatable bonds is 6. The minimum atomic E-state index is -0.490. The van der Waals surface area contributed by atoms with E-state index in [1.54, 1.807) is 6.07 Å². The third kappa shape index (κ3) is 4.16. The van der Waals surface area contributed by atoms with E-state index in [0.717, 1.165) is 43.0 Å². The minimum Gasteiger partial charge on any atom is -0.371 e. The van der Waals surface area contributed by atoms with Gasteiger partial charge in [-0.25, -0.2) is 0 Å². The van der Waals surface area contributed by atoms with Crippen LogP contribution in [0.2, 0.25) is 0 Å². The molecule has 1 aromatic carbocycles. The Balaban J connectivity index is 1.85. The first-order valence-corrected chi connectivity index (χ1v) is 9.43. The van der Waals surface area contributed by atoms with Gasteiger partial charge in [-0.1, -0.05) is 25.2 Å². The number of benzene rings is 1. The number of hydrogen-bond donors (Lipinski definition) is 1. The zero-order valence-electron chi connectivity index (χ0n) is 14.8. The zero-order valence-corrected chi connectivity index (χ0v) is 15.6. The van der Waals surface area contributed by atoms with Crippen molar-refractivity contribution in [2.75, 3.05) is 23.3 Å². The van der Waals surface area contributed by atoms with Crippen LogP contribution < -0.4 is 10.2 Å². The van der Waals surface area contributed by atoms with Crippen molar-refractivity contribution < 1.29 is 9.72 Å². The second-order valence-electron chi connectivity index (χ2n) is 6.71. The van der Waals surface area contributed by atoms with Gasteiger partial charge in [0.1, 0.15) is 5.01 Å². The summed E-state index contributed by atoms with van der Waals surface area (Å²) in [6, 6.07) is 4.43. The normalized spacial score (nSPS) is 14.0. The highest BCUT2D eigenvalue weighted by Gasteiger charge is 2.23. The number of nitrogens with one attached hydrogen (secondary N) is 1. The van der Waals surface area contributed by atoms with Gasteiger partial charge in [0.15, 0.2) is 0 Å². The summed E-state index contributed by atoms with van der Waals surface area (Å²) in [6.45, 7) is 5.86. The Hall–Kier alpha value is -2.55. The maximum atomic E-state index is 12.8. The van der Waals surface area contributed by atoms with Crippen molar-refractivity contribution in [3.63, 3.8) is 0 Å². The fourth-order valence-electron chi connectivity index (χ4n) is 2.95. The molecule has 1 saturated heterocycles. The van der Waals surface area contributed by atoms with Crippen LogP contribution in [0.15, 0.2) is 18.2 Å². The maximum Gasteiger partial charge on any atom is 0.270 e. The molecule has 0 saturated carbocycles. The third-order valence-electron chi connectivity index (χ3n) is 4.15. The van der Waals surface area contributed by atoms with E-state index in [1.165, 1.54) is 23.5 Å². The smallest absolute Gasteiger partial charge is 0.270 e. The first kappa shape index (κ1) is 18.2. The molecule has 8 nitrogen and oxygen atoms in total. The molecule has 1 aliphatic heterocycles. The van der Waals surface area contributed by atoms with E-state index in [2.05, 4.69) is 34.3 Å². The van der Waals surface area contributed by atoms with Gasteiger partial charge in [-0.2, -0.15) is 0 Å². The van der Waals surface area contributed by atoms with Crippen LogP contribution in [0, 0.1) is 16.0 Å². The van der Waals surface area contributed by atoms with Crippen LogP contribution >= 0.6 is 11.3 Å². The van der Waals surface area contributed by atoms with Gasteiger partial charge in [0.25, 0.3) is 11.6 Å². The molecule has 0 aliphatic carbocycles. The van der Waals surface area contributed by atoms with Crippen LogP contribution in [-0.4, -0.2) is 34.1 Å². The van der Waals surface area contributed by atoms with Gasteiger partial charge in [0.2, 0.25) is 5.13 Å². The summed E-state index contributed by atoms with van der Waals surface area (Å²) in [6.07, 6.45) is 2.89. The molecule has 26 heavy (non-hydrogen) atoms. The molecule has 3 rings (SSSR count). The predicted molar refractivity (Wildman–Crippen MR) is 101 cm³/mol. The number of amides is 1. The molecule has 0 bridgehead atoms. The topological polar surface area (TPSA) is 101 Å². The summed E-state index contributed by atoms with van der Waals surface area (Å²) in [5.41, 5.74) is 0.912. The van der Waals surface area contributed by atoms with Crippen molar-refractivity contribution in [2.24, 2.45) is 5.92 Å². The second kappa shape index (κ2) is 7.77. The van der Waals surface area contributed by atoms with Crippen molar-refractivity contribution in [2.45, 2.75) is 33.1 Å². The van der Waals surface area contributed by atoms with Crippen molar-refractivity contribution in [1.82, 2.24) is 10.2 Å². The van der Waals surface area contributed by atoms with Gasteiger partial charge in [-0.05, 0) is 24.8 Å². The Kier molecular flexibility index (Phi) is 5.46. The number of non-ortho nitro benzene ring substituents is 1. The second-order valence-corrected chi connectivity index (χ2v) is 7.77. The largest absolute Gasteiger partial charge is 0.371 e. The van der Waals surface area contributed by atoms with E-state index < -0.39 is 10.8 Å². The molecule has 0 spiro atoms. The van der Waals surface area contributed by atoms with Crippen molar-refractivity contribution in [3.05, 3.63) is 38.9 Å². The number of hydrogen-bond acceptors (Lipinski definition) is 7. The number of nitro benzene ring substituents is 1. The number of nitro groups is 1. The number of carbonyl (C=O) groups is 1. The van der Waals surface area contributed by atoms with Gasteiger partial charge in [0, 0.05) is 31.6 Å². The molecule has 0 radical (unpaired) electrons. The van der Waals surface area contributed by atoms with Crippen LogP contribution in [0.3, 0.4) is 0 Å². The fourth-order valence-corrected chi connectivity index (χ4v) is 3.90. The Bertz CT molecular complexity index is 814. The summed E-state index contributed by atoms with van der Waals surface area (Å²) < 4.78 is 0. The first-order chi connectivity index (χ1) is 12.4. The lowest BCUT2D eigenvalue weighted by atomic mass is 10.1. The lowest BCUT2D eigenvalue weighted by Gasteiger charge is -2.20. The van der Waals surface area contributed by atoms with E-state index in [1.807, 2.05) is 0 Å². The quantitative estimate of drug-likeness (QED) is 0.612. The Morgan fingerprint density at radius 2 is 2.08 bits per heavy atom. The minimum absolute atomic E-state index is 0.101.